The fourth-order valence-electron chi connectivity index (χ4n) is 2.23. The second kappa shape index (κ2) is 3.42. The van der Waals surface area contributed by atoms with Gasteiger partial charge in [0.1, 0.15) is 5.82 Å². The highest BCUT2D eigenvalue weighted by Gasteiger charge is 2.21. The van der Waals surface area contributed by atoms with Gasteiger partial charge in [-0.3, -0.25) is 4.68 Å². The van der Waals surface area contributed by atoms with Gasteiger partial charge >= 0.3 is 0 Å². The Morgan fingerprint density at radius 3 is 2.75 bits per heavy atom. The molecule has 0 amide bonds. The lowest BCUT2D eigenvalue weighted by Gasteiger charge is -2.05. The van der Waals surface area contributed by atoms with Gasteiger partial charge in [-0.25, -0.2) is 4.39 Å². The maximum absolute atomic E-state index is 12.9. The van der Waals surface area contributed by atoms with Gasteiger partial charge in [-0.05, 0) is 24.3 Å². The summed E-state index contributed by atoms with van der Waals surface area (Å²) in [6.45, 7) is 1.67. The summed E-state index contributed by atoms with van der Waals surface area (Å²) in [6, 6.07) is 6.56. The van der Waals surface area contributed by atoms with Crippen molar-refractivity contribution in [2.45, 2.75) is 13.1 Å². The number of halogens is 1. The first-order valence-corrected chi connectivity index (χ1v) is 5.27. The Kier molecular flexibility index (Phi) is 2.04. The molecule has 0 bridgehead atoms. The van der Waals surface area contributed by atoms with Crippen molar-refractivity contribution < 1.29 is 4.39 Å². The molecule has 3 rings (SSSR count). The van der Waals surface area contributed by atoms with E-state index in [0.29, 0.717) is 0 Å². The zero-order valence-corrected chi connectivity index (χ0v) is 9.00. The van der Waals surface area contributed by atoms with Crippen LogP contribution >= 0.6 is 0 Å². The van der Waals surface area contributed by atoms with E-state index in [1.165, 1.54) is 17.7 Å². The number of fused-ring (bicyclic) bond motifs is 1. The molecule has 1 aromatic carbocycles. The molecule has 16 heavy (non-hydrogen) atoms. The minimum atomic E-state index is -0.208. The van der Waals surface area contributed by atoms with E-state index in [1.54, 1.807) is 12.1 Å². The summed E-state index contributed by atoms with van der Waals surface area (Å²) in [5.74, 6) is -0.208. The minimum absolute atomic E-state index is 0.208. The Balaban J connectivity index is 2.16. The summed E-state index contributed by atoms with van der Waals surface area (Å²) in [5, 5.41) is 7.72. The number of hydrogen-bond acceptors (Lipinski definition) is 2. The SMILES string of the molecule is Cn1nc2c(c1-c1ccc(F)cc1)CNC2. The number of nitrogens with zero attached hydrogens (tertiary/aromatic N) is 2. The molecular weight excluding hydrogens is 205 g/mol. The molecule has 1 aliphatic rings. The first-order valence-electron chi connectivity index (χ1n) is 5.27. The van der Waals surface area contributed by atoms with Gasteiger partial charge in [0.2, 0.25) is 0 Å². The summed E-state index contributed by atoms with van der Waals surface area (Å²) in [5.41, 5.74) is 4.43. The maximum atomic E-state index is 12.9. The first kappa shape index (κ1) is 9.54. The molecule has 0 aliphatic carbocycles. The van der Waals surface area contributed by atoms with Crippen LogP contribution in [0.4, 0.5) is 4.39 Å². The van der Waals surface area contributed by atoms with Crippen LogP contribution in [0.5, 0.6) is 0 Å². The van der Waals surface area contributed by atoms with Gasteiger partial charge in [-0.15, -0.1) is 0 Å². The maximum Gasteiger partial charge on any atom is 0.123 e. The monoisotopic (exact) mass is 217 g/mol. The molecule has 4 heteroatoms. The predicted octanol–water partition coefficient (Wildman–Crippen LogP) is 1.83. The average molecular weight is 217 g/mol. The molecule has 3 nitrogen and oxygen atoms in total. The molecule has 1 aromatic heterocycles. The van der Waals surface area contributed by atoms with E-state index in [2.05, 4.69) is 10.4 Å². The fourth-order valence-corrected chi connectivity index (χ4v) is 2.23. The first-order chi connectivity index (χ1) is 7.75. The van der Waals surface area contributed by atoms with Crippen LogP contribution in [-0.4, -0.2) is 9.78 Å². The van der Waals surface area contributed by atoms with Crippen molar-refractivity contribution in [1.82, 2.24) is 15.1 Å². The standard InChI is InChI=1S/C12H12FN3/c1-16-12(8-2-4-9(13)5-3-8)10-6-14-7-11(10)15-16/h2-5,14H,6-7H2,1H3. The molecule has 0 saturated carbocycles. The van der Waals surface area contributed by atoms with E-state index < -0.39 is 0 Å². The lowest BCUT2D eigenvalue weighted by molar-refractivity contribution is 0.628. The van der Waals surface area contributed by atoms with Gasteiger partial charge in [0.15, 0.2) is 0 Å². The molecule has 0 atom stereocenters. The van der Waals surface area contributed by atoms with E-state index in [-0.39, 0.29) is 5.82 Å². The lowest BCUT2D eigenvalue weighted by Crippen LogP contribution is -2.06. The van der Waals surface area contributed by atoms with Gasteiger partial charge < -0.3 is 5.32 Å². The van der Waals surface area contributed by atoms with Crippen LogP contribution in [0.15, 0.2) is 24.3 Å². The fraction of sp³-hybridized carbons (Fsp3) is 0.250. The molecular formula is C12H12FN3. The number of hydrogen-bond donors (Lipinski definition) is 1. The number of rotatable bonds is 1. The number of nitrogens with one attached hydrogen (secondary N) is 1. The molecule has 0 fully saturated rings. The normalized spacial score (nSPS) is 14.1. The van der Waals surface area contributed by atoms with Crippen molar-refractivity contribution in [1.29, 1.82) is 0 Å². The summed E-state index contributed by atoms with van der Waals surface area (Å²) >= 11 is 0. The Morgan fingerprint density at radius 2 is 2.00 bits per heavy atom. The van der Waals surface area contributed by atoms with Crippen molar-refractivity contribution in [2.24, 2.45) is 7.05 Å². The van der Waals surface area contributed by atoms with E-state index in [0.717, 1.165) is 30.0 Å². The third-order valence-corrected chi connectivity index (χ3v) is 2.94. The van der Waals surface area contributed by atoms with Crippen molar-refractivity contribution in [3.63, 3.8) is 0 Å². The van der Waals surface area contributed by atoms with Gasteiger partial charge in [-0.1, -0.05) is 0 Å². The highest BCUT2D eigenvalue weighted by molar-refractivity contribution is 5.65. The van der Waals surface area contributed by atoms with Crippen molar-refractivity contribution in [3.8, 4) is 11.3 Å². The smallest absolute Gasteiger partial charge is 0.123 e. The third-order valence-electron chi connectivity index (χ3n) is 2.94. The second-order valence-electron chi connectivity index (χ2n) is 4.01. The van der Waals surface area contributed by atoms with Crippen molar-refractivity contribution in [3.05, 3.63) is 41.3 Å². The largest absolute Gasteiger partial charge is 0.307 e. The zero-order valence-electron chi connectivity index (χ0n) is 9.00. The molecule has 82 valence electrons. The van der Waals surface area contributed by atoms with Gasteiger partial charge in [0.05, 0.1) is 11.4 Å². The molecule has 0 radical (unpaired) electrons. The quantitative estimate of drug-likeness (QED) is 0.789. The highest BCUT2D eigenvalue weighted by Crippen LogP contribution is 2.28. The van der Waals surface area contributed by atoms with E-state index in [4.69, 9.17) is 0 Å². The van der Waals surface area contributed by atoms with Crippen molar-refractivity contribution in [2.75, 3.05) is 0 Å². The molecule has 1 N–H and O–H groups in total. The summed E-state index contributed by atoms with van der Waals surface area (Å²) < 4.78 is 14.7. The van der Waals surface area contributed by atoms with Crippen LogP contribution < -0.4 is 5.32 Å². The van der Waals surface area contributed by atoms with Crippen LogP contribution in [0.1, 0.15) is 11.3 Å². The number of aromatic nitrogens is 2. The Hall–Kier alpha value is -1.68. The van der Waals surface area contributed by atoms with Gasteiger partial charge in [-0.2, -0.15) is 5.10 Å². The molecule has 1 aliphatic heterocycles. The highest BCUT2D eigenvalue weighted by atomic mass is 19.1. The molecule has 0 unspecified atom stereocenters. The summed E-state index contributed by atoms with van der Waals surface area (Å²) in [7, 11) is 1.93. The Bertz CT molecular complexity index is 528. The Morgan fingerprint density at radius 1 is 1.25 bits per heavy atom. The average Bonchev–Trinajstić information content (AvgIpc) is 2.79. The van der Waals surface area contributed by atoms with E-state index >= 15 is 0 Å². The van der Waals surface area contributed by atoms with Crippen molar-refractivity contribution >= 4 is 0 Å². The van der Waals surface area contributed by atoms with Crippen LogP contribution in [0.25, 0.3) is 11.3 Å². The Labute approximate surface area is 92.9 Å². The van der Waals surface area contributed by atoms with Gasteiger partial charge in [0.25, 0.3) is 0 Å². The molecule has 0 spiro atoms. The minimum Gasteiger partial charge on any atom is -0.307 e. The van der Waals surface area contributed by atoms with E-state index in [1.807, 2.05) is 11.7 Å². The number of benzene rings is 1. The van der Waals surface area contributed by atoms with Crippen LogP contribution in [0.2, 0.25) is 0 Å². The summed E-state index contributed by atoms with van der Waals surface area (Å²) in [4.78, 5) is 0. The molecule has 2 heterocycles. The third kappa shape index (κ3) is 1.34. The second-order valence-corrected chi connectivity index (χ2v) is 4.01. The van der Waals surface area contributed by atoms with E-state index in [9.17, 15) is 4.39 Å². The van der Waals surface area contributed by atoms with Crippen LogP contribution in [-0.2, 0) is 20.1 Å². The molecule has 0 saturated heterocycles. The summed E-state index contributed by atoms with van der Waals surface area (Å²) in [6.07, 6.45) is 0. The van der Waals surface area contributed by atoms with Gasteiger partial charge in [0, 0.05) is 31.3 Å². The topological polar surface area (TPSA) is 29.9 Å². The van der Waals surface area contributed by atoms with Crippen LogP contribution in [0.3, 0.4) is 0 Å². The number of aryl methyl sites for hydroxylation is 1. The zero-order chi connectivity index (χ0) is 11.1. The predicted molar refractivity (Wildman–Crippen MR) is 59.1 cm³/mol. The van der Waals surface area contributed by atoms with Crippen LogP contribution in [0, 0.1) is 5.82 Å². The lowest BCUT2D eigenvalue weighted by atomic mass is 10.1. The molecule has 2 aromatic rings.